The third-order valence-electron chi connectivity index (χ3n) is 5.89. The van der Waals surface area contributed by atoms with Crippen molar-refractivity contribution in [1.82, 2.24) is 24.1 Å². The van der Waals surface area contributed by atoms with Crippen LogP contribution in [0.1, 0.15) is 19.4 Å². The van der Waals surface area contributed by atoms with E-state index in [-0.39, 0.29) is 0 Å². The van der Waals surface area contributed by atoms with E-state index in [4.69, 9.17) is 22.1 Å². The minimum atomic E-state index is 0.714. The predicted molar refractivity (Wildman–Crippen MR) is 123 cm³/mol. The topological polar surface area (TPSA) is 41.7 Å². The van der Waals surface area contributed by atoms with Crippen molar-refractivity contribution < 1.29 is 4.74 Å². The van der Waals surface area contributed by atoms with E-state index in [1.165, 1.54) is 12.1 Å². The number of rotatable bonds is 6. The number of para-hydroxylation sites is 1. The molecule has 0 atom stereocenters. The Hall–Kier alpha value is -1.74. The summed E-state index contributed by atoms with van der Waals surface area (Å²) < 4.78 is 10.5. The largest absolute Gasteiger partial charge is 0.378 e. The van der Waals surface area contributed by atoms with Gasteiger partial charge < -0.3 is 14.5 Å². The van der Waals surface area contributed by atoms with Gasteiger partial charge in [0.15, 0.2) is 0 Å². The van der Waals surface area contributed by atoms with Gasteiger partial charge in [0.25, 0.3) is 0 Å². The number of aryl methyl sites for hydroxylation is 1. The fourth-order valence-corrected chi connectivity index (χ4v) is 4.58. The number of ether oxygens (including phenoxy) is 1. The zero-order valence-corrected chi connectivity index (χ0v) is 19.3. The van der Waals surface area contributed by atoms with E-state index < -0.39 is 0 Å². The van der Waals surface area contributed by atoms with Gasteiger partial charge in [0.1, 0.15) is 0 Å². The molecule has 164 valence electrons. The Bertz CT molecular complexity index is 893. The molecule has 8 heteroatoms. The van der Waals surface area contributed by atoms with E-state index in [1.807, 2.05) is 4.68 Å². The van der Waals surface area contributed by atoms with Gasteiger partial charge in [-0.3, -0.25) is 9.47 Å². The van der Waals surface area contributed by atoms with Gasteiger partial charge in [-0.2, -0.15) is 0 Å². The number of hydrogen-bond acceptors (Lipinski definition) is 6. The van der Waals surface area contributed by atoms with Gasteiger partial charge in [-0.15, -0.1) is 5.10 Å². The van der Waals surface area contributed by atoms with Gasteiger partial charge in [-0.05, 0) is 36.7 Å². The maximum Gasteiger partial charge on any atom is 0.230 e. The molecule has 7 nitrogen and oxygen atoms in total. The molecule has 2 fully saturated rings. The number of piperazine rings is 1. The molecule has 30 heavy (non-hydrogen) atoms. The van der Waals surface area contributed by atoms with E-state index in [9.17, 15) is 0 Å². The van der Waals surface area contributed by atoms with Crippen LogP contribution in [0.15, 0.2) is 24.3 Å². The standard InChI is InChI=1S/C22H34N6OS/c1-18(2)16-24-8-10-25(11-9-24)17-27-22(30)28(20-7-5-4-6-19(20)3)21(23-27)26-12-14-29-15-13-26/h4-7,18H,8-17H2,1-3H3. The van der Waals surface area contributed by atoms with Gasteiger partial charge in [0, 0.05) is 45.8 Å². The summed E-state index contributed by atoms with van der Waals surface area (Å²) in [6, 6.07) is 8.40. The Morgan fingerprint density at radius 2 is 1.67 bits per heavy atom. The average Bonchev–Trinajstić information content (AvgIpc) is 3.06. The van der Waals surface area contributed by atoms with Crippen molar-refractivity contribution in [2.45, 2.75) is 27.4 Å². The Morgan fingerprint density at radius 3 is 2.33 bits per heavy atom. The molecule has 1 aromatic carbocycles. The van der Waals surface area contributed by atoms with Crippen LogP contribution in [-0.2, 0) is 11.4 Å². The molecule has 3 heterocycles. The minimum Gasteiger partial charge on any atom is -0.378 e. The van der Waals surface area contributed by atoms with Crippen molar-refractivity contribution >= 4 is 18.2 Å². The second-order valence-electron chi connectivity index (χ2n) is 8.76. The monoisotopic (exact) mass is 430 g/mol. The first-order valence-corrected chi connectivity index (χ1v) is 11.5. The lowest BCUT2D eigenvalue weighted by Crippen LogP contribution is -2.47. The molecule has 2 aliphatic rings. The molecule has 0 aliphatic carbocycles. The van der Waals surface area contributed by atoms with Crippen LogP contribution in [0, 0.1) is 17.6 Å². The molecular weight excluding hydrogens is 396 g/mol. The highest BCUT2D eigenvalue weighted by molar-refractivity contribution is 7.71. The first-order chi connectivity index (χ1) is 14.5. The van der Waals surface area contributed by atoms with Crippen LogP contribution >= 0.6 is 12.2 Å². The van der Waals surface area contributed by atoms with Crippen molar-refractivity contribution in [1.29, 1.82) is 0 Å². The fraction of sp³-hybridized carbons (Fsp3) is 0.636. The fourth-order valence-electron chi connectivity index (χ4n) is 4.30. The summed E-state index contributed by atoms with van der Waals surface area (Å²) in [5, 5.41) is 5.00. The van der Waals surface area contributed by atoms with Gasteiger partial charge in [-0.1, -0.05) is 32.0 Å². The molecule has 0 amide bonds. The van der Waals surface area contributed by atoms with Crippen molar-refractivity contribution in [3.8, 4) is 5.69 Å². The molecule has 2 aliphatic heterocycles. The van der Waals surface area contributed by atoms with Crippen LogP contribution in [-0.4, -0.2) is 83.2 Å². The third-order valence-corrected chi connectivity index (χ3v) is 6.29. The summed E-state index contributed by atoms with van der Waals surface area (Å²) in [4.78, 5) is 7.32. The van der Waals surface area contributed by atoms with Crippen molar-refractivity contribution in [2.24, 2.45) is 5.92 Å². The lowest BCUT2D eigenvalue weighted by atomic mass is 10.2. The summed E-state index contributed by atoms with van der Waals surface area (Å²) in [5.41, 5.74) is 2.31. The summed E-state index contributed by atoms with van der Waals surface area (Å²) in [5.74, 6) is 1.64. The molecule has 0 saturated carbocycles. The number of aromatic nitrogens is 3. The van der Waals surface area contributed by atoms with Crippen LogP contribution in [0.2, 0.25) is 0 Å². The van der Waals surface area contributed by atoms with E-state index in [0.717, 1.165) is 75.6 Å². The van der Waals surface area contributed by atoms with Crippen LogP contribution in [0.3, 0.4) is 0 Å². The van der Waals surface area contributed by atoms with Crippen molar-refractivity contribution in [2.75, 3.05) is 63.9 Å². The number of benzene rings is 1. The average molecular weight is 431 g/mol. The molecule has 2 saturated heterocycles. The predicted octanol–water partition coefficient (Wildman–Crippen LogP) is 2.78. The highest BCUT2D eigenvalue weighted by Gasteiger charge is 2.24. The van der Waals surface area contributed by atoms with Gasteiger partial charge >= 0.3 is 0 Å². The zero-order chi connectivity index (χ0) is 21.1. The molecule has 1 aromatic heterocycles. The molecule has 0 N–H and O–H groups in total. The molecule has 0 spiro atoms. The maximum absolute atomic E-state index is 5.94. The number of hydrogen-bond donors (Lipinski definition) is 0. The van der Waals surface area contributed by atoms with Crippen molar-refractivity contribution in [3.63, 3.8) is 0 Å². The number of morpholine rings is 1. The Kier molecular flexibility index (Phi) is 6.87. The lowest BCUT2D eigenvalue weighted by Gasteiger charge is -2.35. The smallest absolute Gasteiger partial charge is 0.230 e. The zero-order valence-electron chi connectivity index (χ0n) is 18.5. The minimum absolute atomic E-state index is 0.714. The second kappa shape index (κ2) is 9.60. The van der Waals surface area contributed by atoms with Gasteiger partial charge in [-0.25, -0.2) is 4.68 Å². The van der Waals surface area contributed by atoms with Crippen LogP contribution in [0.25, 0.3) is 5.69 Å². The first-order valence-electron chi connectivity index (χ1n) is 11.1. The van der Waals surface area contributed by atoms with E-state index in [0.29, 0.717) is 5.92 Å². The first kappa shape index (κ1) is 21.5. The molecule has 0 unspecified atom stereocenters. The summed E-state index contributed by atoms with van der Waals surface area (Å²) in [7, 11) is 0. The second-order valence-corrected chi connectivity index (χ2v) is 9.12. The van der Waals surface area contributed by atoms with Crippen LogP contribution in [0.4, 0.5) is 5.95 Å². The Labute approximate surface area is 184 Å². The quantitative estimate of drug-likeness (QED) is 0.657. The maximum atomic E-state index is 5.94. The third kappa shape index (κ3) is 4.77. The highest BCUT2D eigenvalue weighted by Crippen LogP contribution is 2.23. The summed E-state index contributed by atoms with van der Waals surface area (Å²) >= 11 is 5.94. The molecule has 4 rings (SSSR count). The summed E-state index contributed by atoms with van der Waals surface area (Å²) in [6.45, 7) is 16.1. The molecular formula is C22H34N6OS. The van der Waals surface area contributed by atoms with Crippen LogP contribution in [0.5, 0.6) is 0 Å². The molecule has 2 aromatic rings. The Balaban J connectivity index is 1.58. The number of nitrogens with zero attached hydrogens (tertiary/aromatic N) is 6. The van der Waals surface area contributed by atoms with E-state index in [2.05, 4.69) is 64.3 Å². The van der Waals surface area contributed by atoms with Crippen LogP contribution < -0.4 is 4.90 Å². The normalized spacial score (nSPS) is 19.0. The van der Waals surface area contributed by atoms with E-state index in [1.54, 1.807) is 0 Å². The molecule has 0 bridgehead atoms. The lowest BCUT2D eigenvalue weighted by molar-refractivity contribution is 0.0949. The van der Waals surface area contributed by atoms with Gasteiger partial charge in [0.05, 0.1) is 25.6 Å². The SMILES string of the molecule is Cc1ccccc1-n1c(N2CCOCC2)nn(CN2CCN(CC(C)C)CC2)c1=S. The Morgan fingerprint density at radius 1 is 1.00 bits per heavy atom. The van der Waals surface area contributed by atoms with E-state index >= 15 is 0 Å². The highest BCUT2D eigenvalue weighted by atomic mass is 32.1. The summed E-state index contributed by atoms with van der Waals surface area (Å²) in [6.07, 6.45) is 0. The van der Waals surface area contributed by atoms with Gasteiger partial charge in [0.2, 0.25) is 10.7 Å². The van der Waals surface area contributed by atoms with Crippen molar-refractivity contribution in [3.05, 3.63) is 34.6 Å². The number of anilines is 1. The molecule has 0 radical (unpaired) electrons.